The fourth-order valence-corrected chi connectivity index (χ4v) is 2.93. The molecule has 0 unspecified atom stereocenters. The van der Waals surface area contributed by atoms with E-state index in [1.165, 1.54) is 0 Å². The van der Waals surface area contributed by atoms with Gasteiger partial charge in [0.15, 0.2) is 0 Å². The first-order valence-corrected chi connectivity index (χ1v) is 8.94. The Bertz CT molecular complexity index is 798. The van der Waals surface area contributed by atoms with Crippen molar-refractivity contribution >= 4 is 17.6 Å². The third-order valence-electron chi connectivity index (χ3n) is 4.46. The quantitative estimate of drug-likeness (QED) is 0.309. The minimum Gasteiger partial charge on any atom is -0.466 e. The van der Waals surface area contributed by atoms with Gasteiger partial charge in [0.25, 0.3) is 0 Å². The molecule has 0 saturated heterocycles. The van der Waals surface area contributed by atoms with Gasteiger partial charge in [0, 0.05) is 11.1 Å². The number of amidine groups is 2. The summed E-state index contributed by atoms with van der Waals surface area (Å²) < 4.78 is 5.12. The molecule has 0 heterocycles. The highest BCUT2D eigenvalue weighted by molar-refractivity contribution is 5.95. The van der Waals surface area contributed by atoms with Crippen LogP contribution in [0.15, 0.2) is 48.5 Å². The highest BCUT2D eigenvalue weighted by atomic mass is 16.5. The number of esters is 1. The zero-order valence-electron chi connectivity index (χ0n) is 15.5. The predicted octanol–water partition coefficient (Wildman–Crippen LogP) is 2.92. The van der Waals surface area contributed by atoms with E-state index in [1.807, 2.05) is 36.4 Å². The maximum absolute atomic E-state index is 12.0. The van der Waals surface area contributed by atoms with E-state index >= 15 is 0 Å². The van der Waals surface area contributed by atoms with Crippen LogP contribution in [0.4, 0.5) is 0 Å². The van der Waals surface area contributed by atoms with Gasteiger partial charge in [-0.25, -0.2) is 0 Å². The van der Waals surface area contributed by atoms with Gasteiger partial charge in [0.1, 0.15) is 11.7 Å². The Morgan fingerprint density at radius 3 is 1.96 bits per heavy atom. The summed E-state index contributed by atoms with van der Waals surface area (Å²) in [6, 6.07) is 15.0. The van der Waals surface area contributed by atoms with Crippen LogP contribution in [-0.4, -0.2) is 24.2 Å². The number of aryl methyl sites for hydroxylation is 1. The number of carbonyl (C=O) groups excluding carboxylic acids is 1. The number of carbonyl (C=O) groups is 1. The Kier molecular flexibility index (Phi) is 7.11. The van der Waals surface area contributed by atoms with Crippen LogP contribution >= 0.6 is 0 Å². The van der Waals surface area contributed by atoms with Crippen molar-refractivity contribution in [2.24, 2.45) is 11.5 Å². The molecule has 2 aromatic rings. The van der Waals surface area contributed by atoms with Crippen molar-refractivity contribution in [2.75, 3.05) is 6.61 Å². The lowest BCUT2D eigenvalue weighted by molar-refractivity contribution is -0.143. The van der Waals surface area contributed by atoms with Crippen LogP contribution in [0.25, 0.3) is 0 Å². The first-order valence-electron chi connectivity index (χ1n) is 8.94. The number of ether oxygens (including phenoxy) is 1. The number of benzene rings is 2. The summed E-state index contributed by atoms with van der Waals surface area (Å²) >= 11 is 0. The molecule has 0 aliphatic heterocycles. The Morgan fingerprint density at radius 2 is 1.48 bits per heavy atom. The summed E-state index contributed by atoms with van der Waals surface area (Å²) in [7, 11) is 0. The van der Waals surface area contributed by atoms with Crippen molar-refractivity contribution < 1.29 is 9.53 Å². The van der Waals surface area contributed by atoms with E-state index in [9.17, 15) is 4.79 Å². The van der Waals surface area contributed by atoms with E-state index in [0.717, 1.165) is 24.0 Å². The molecule has 0 aliphatic carbocycles. The lowest BCUT2D eigenvalue weighted by atomic mass is 9.89. The van der Waals surface area contributed by atoms with E-state index in [-0.39, 0.29) is 23.6 Å². The first kappa shape index (κ1) is 20.2. The number of nitrogens with two attached hydrogens (primary N) is 2. The lowest BCUT2D eigenvalue weighted by Gasteiger charge is -2.17. The van der Waals surface area contributed by atoms with E-state index in [2.05, 4.69) is 0 Å². The van der Waals surface area contributed by atoms with Crippen molar-refractivity contribution in [3.8, 4) is 0 Å². The van der Waals surface area contributed by atoms with Crippen LogP contribution in [-0.2, 0) is 16.0 Å². The van der Waals surface area contributed by atoms with Gasteiger partial charge in [-0.1, -0.05) is 48.5 Å². The Labute approximate surface area is 159 Å². The van der Waals surface area contributed by atoms with Gasteiger partial charge < -0.3 is 16.2 Å². The molecule has 6 nitrogen and oxygen atoms in total. The van der Waals surface area contributed by atoms with E-state index in [4.69, 9.17) is 27.0 Å². The van der Waals surface area contributed by atoms with Crippen LogP contribution in [0.2, 0.25) is 0 Å². The van der Waals surface area contributed by atoms with Crippen LogP contribution in [0.5, 0.6) is 0 Å². The van der Waals surface area contributed by atoms with E-state index in [1.54, 1.807) is 19.1 Å². The molecule has 0 amide bonds. The molecule has 6 N–H and O–H groups in total. The average Bonchev–Trinajstić information content (AvgIpc) is 2.65. The van der Waals surface area contributed by atoms with Crippen molar-refractivity contribution in [1.29, 1.82) is 10.8 Å². The minimum absolute atomic E-state index is 0.0116. The fraction of sp³-hybridized carbons (Fsp3) is 0.286. The molecule has 0 bridgehead atoms. The summed E-state index contributed by atoms with van der Waals surface area (Å²) in [5, 5.41) is 15.0. The van der Waals surface area contributed by atoms with Gasteiger partial charge in [-0.2, -0.15) is 0 Å². The smallest absolute Gasteiger partial charge is 0.306 e. The number of nitrogen functional groups attached to an aromatic ring is 2. The number of nitrogens with one attached hydrogen (secondary N) is 2. The maximum atomic E-state index is 12.0. The average molecular weight is 366 g/mol. The number of hydrogen-bond acceptors (Lipinski definition) is 4. The zero-order valence-corrected chi connectivity index (χ0v) is 15.5. The molecule has 6 heteroatoms. The van der Waals surface area contributed by atoms with Gasteiger partial charge in [-0.3, -0.25) is 15.6 Å². The van der Waals surface area contributed by atoms with Gasteiger partial charge in [0.2, 0.25) is 0 Å². The summed E-state index contributed by atoms with van der Waals surface area (Å²) in [5.41, 5.74) is 14.5. The van der Waals surface area contributed by atoms with Crippen molar-refractivity contribution in [3.05, 3.63) is 70.8 Å². The Hall–Kier alpha value is -3.15. The molecule has 0 fully saturated rings. The second-order valence-corrected chi connectivity index (χ2v) is 6.39. The molecule has 142 valence electrons. The summed E-state index contributed by atoms with van der Waals surface area (Å²) in [6.45, 7) is 2.16. The topological polar surface area (TPSA) is 126 Å². The highest BCUT2D eigenvalue weighted by Crippen LogP contribution is 2.26. The Morgan fingerprint density at radius 1 is 0.963 bits per heavy atom. The molecule has 2 rings (SSSR count). The molecule has 0 radical (unpaired) electrons. The summed E-state index contributed by atoms with van der Waals surface area (Å²) in [5.74, 6) is -0.135. The van der Waals surface area contributed by atoms with Gasteiger partial charge in [-0.15, -0.1) is 0 Å². The number of rotatable bonds is 9. The SMILES string of the molecule is CCOC(=O)C[C@H](CCc1ccc(C(=N)N)cc1)c1ccc(C(=N)N)cc1. The third-order valence-corrected chi connectivity index (χ3v) is 4.46. The zero-order chi connectivity index (χ0) is 19.8. The molecule has 0 aliphatic rings. The molecular formula is C21H26N4O2. The molecule has 0 saturated carbocycles. The van der Waals surface area contributed by atoms with Crippen molar-refractivity contribution in [1.82, 2.24) is 0 Å². The molecule has 1 atom stereocenters. The summed E-state index contributed by atoms with van der Waals surface area (Å²) in [4.78, 5) is 12.0. The van der Waals surface area contributed by atoms with Crippen LogP contribution in [0.1, 0.15) is 47.9 Å². The lowest BCUT2D eigenvalue weighted by Crippen LogP contribution is -2.13. The second-order valence-electron chi connectivity index (χ2n) is 6.39. The van der Waals surface area contributed by atoms with Crippen LogP contribution in [0, 0.1) is 10.8 Å². The highest BCUT2D eigenvalue weighted by Gasteiger charge is 2.17. The van der Waals surface area contributed by atoms with Gasteiger partial charge >= 0.3 is 5.97 Å². The van der Waals surface area contributed by atoms with Gasteiger partial charge in [-0.05, 0) is 36.8 Å². The van der Waals surface area contributed by atoms with Crippen molar-refractivity contribution in [2.45, 2.75) is 32.1 Å². The van der Waals surface area contributed by atoms with Crippen molar-refractivity contribution in [3.63, 3.8) is 0 Å². The standard InChI is InChI=1S/C21H26N4O2/c1-2-27-19(26)13-18(15-9-11-17(12-10-15)21(24)25)8-5-14-3-6-16(7-4-14)20(22)23/h3-4,6-7,9-12,18H,2,5,8,13H2,1H3,(H3,22,23)(H3,24,25)/t18-/m0/s1. The monoisotopic (exact) mass is 366 g/mol. The first-order chi connectivity index (χ1) is 12.9. The second kappa shape index (κ2) is 9.52. The van der Waals surface area contributed by atoms with E-state index < -0.39 is 0 Å². The normalized spacial score (nSPS) is 11.6. The Balaban J connectivity index is 2.12. The molecule has 27 heavy (non-hydrogen) atoms. The maximum Gasteiger partial charge on any atom is 0.306 e. The fourth-order valence-electron chi connectivity index (χ4n) is 2.93. The molecule has 0 aromatic heterocycles. The largest absolute Gasteiger partial charge is 0.466 e. The third kappa shape index (κ3) is 5.95. The summed E-state index contributed by atoms with van der Waals surface area (Å²) in [6.07, 6.45) is 1.87. The molecular weight excluding hydrogens is 340 g/mol. The minimum atomic E-state index is -0.218. The van der Waals surface area contributed by atoms with E-state index in [0.29, 0.717) is 24.2 Å². The molecule has 2 aromatic carbocycles. The predicted molar refractivity (Wildman–Crippen MR) is 107 cm³/mol. The van der Waals surface area contributed by atoms with Gasteiger partial charge in [0.05, 0.1) is 13.0 Å². The number of hydrogen-bond donors (Lipinski definition) is 4. The molecule has 0 spiro atoms. The van der Waals surface area contributed by atoms with Crippen LogP contribution in [0.3, 0.4) is 0 Å². The van der Waals surface area contributed by atoms with Crippen LogP contribution < -0.4 is 11.5 Å².